The lowest BCUT2D eigenvalue weighted by atomic mass is 9.92. The first-order valence-electron chi connectivity index (χ1n) is 11.6. The van der Waals surface area contributed by atoms with Crippen LogP contribution >= 0.6 is 0 Å². The summed E-state index contributed by atoms with van der Waals surface area (Å²) in [4.78, 5) is 20.0. The average molecular weight is 509 g/mol. The number of aromatic nitrogens is 1. The van der Waals surface area contributed by atoms with E-state index >= 15 is 0 Å². The molecule has 35 heavy (non-hydrogen) atoms. The number of rotatable bonds is 8. The third-order valence-electron chi connectivity index (χ3n) is 6.43. The number of fused-ring (bicyclic) bond motifs is 1. The predicted molar refractivity (Wildman–Crippen MR) is 123 cm³/mol. The van der Waals surface area contributed by atoms with Crippen LogP contribution in [0.4, 0.5) is 13.2 Å². The van der Waals surface area contributed by atoms with Crippen molar-refractivity contribution >= 4 is 22.0 Å². The summed E-state index contributed by atoms with van der Waals surface area (Å²) in [5.74, 6) is 0.147. The Morgan fingerprint density at radius 2 is 1.86 bits per heavy atom. The van der Waals surface area contributed by atoms with Crippen molar-refractivity contribution in [1.29, 1.82) is 0 Å². The summed E-state index contributed by atoms with van der Waals surface area (Å²) < 4.78 is 66.8. The van der Waals surface area contributed by atoms with Gasteiger partial charge in [0.1, 0.15) is 6.04 Å². The van der Waals surface area contributed by atoms with Gasteiger partial charge < -0.3 is 5.32 Å². The van der Waals surface area contributed by atoms with Gasteiger partial charge in [-0.15, -0.1) is 0 Å². The number of alkyl halides is 3. The van der Waals surface area contributed by atoms with Gasteiger partial charge in [-0.2, -0.15) is 17.5 Å². The molecule has 1 fully saturated rings. The number of unbranched alkanes of at least 4 members (excludes halogenated alkanes) is 1. The zero-order chi connectivity index (χ0) is 25.1. The van der Waals surface area contributed by atoms with Gasteiger partial charge in [-0.05, 0) is 49.5 Å². The highest BCUT2D eigenvalue weighted by Crippen LogP contribution is 2.36. The fraction of sp³-hybridized carbons (Fsp3) is 0.458. The summed E-state index contributed by atoms with van der Waals surface area (Å²) in [6.45, 7) is 0.920. The minimum atomic E-state index is -4.73. The van der Waals surface area contributed by atoms with Gasteiger partial charge in [0.2, 0.25) is 15.9 Å². The largest absolute Gasteiger partial charge is 0.417 e. The van der Waals surface area contributed by atoms with Crippen LogP contribution in [-0.2, 0) is 21.0 Å². The van der Waals surface area contributed by atoms with Crippen LogP contribution in [0, 0.1) is 5.92 Å². The molecule has 11 heteroatoms. The Bertz CT molecular complexity index is 1250. The molecular formula is C24H27F3N4O3S. The van der Waals surface area contributed by atoms with E-state index in [9.17, 15) is 26.4 Å². The second-order valence-electron chi connectivity index (χ2n) is 8.80. The zero-order valence-electron chi connectivity index (χ0n) is 19.0. The Balaban J connectivity index is 1.20. The van der Waals surface area contributed by atoms with Crippen LogP contribution in [0.3, 0.4) is 0 Å². The quantitative estimate of drug-likeness (QED) is 0.554. The summed E-state index contributed by atoms with van der Waals surface area (Å²) in [6.07, 6.45) is 4.09. The molecule has 188 valence electrons. The minimum Gasteiger partial charge on any atom is -0.354 e. The normalized spacial score (nSPS) is 19.0. The second kappa shape index (κ2) is 10.4. The summed E-state index contributed by atoms with van der Waals surface area (Å²) in [5.41, 5.74) is -1.13. The molecule has 0 aliphatic carbocycles. The summed E-state index contributed by atoms with van der Waals surface area (Å²) >= 11 is 0. The molecule has 1 aromatic heterocycles. The SMILES string of the molecule is O=C(NCCCCC1CCN(S(=O)(=O)c2ccccc2C(F)(F)F)CC1)C1C=c2cnccc2=N1. The number of sulfonamides is 1. The van der Waals surface area contributed by atoms with E-state index in [4.69, 9.17) is 0 Å². The zero-order valence-corrected chi connectivity index (χ0v) is 19.9. The summed E-state index contributed by atoms with van der Waals surface area (Å²) in [7, 11) is -4.22. The van der Waals surface area contributed by atoms with E-state index in [-0.39, 0.29) is 19.0 Å². The van der Waals surface area contributed by atoms with Gasteiger partial charge in [-0.25, -0.2) is 8.42 Å². The Morgan fingerprint density at radius 1 is 1.11 bits per heavy atom. The number of hydrogen-bond donors (Lipinski definition) is 1. The van der Waals surface area contributed by atoms with E-state index in [0.29, 0.717) is 25.3 Å². The van der Waals surface area contributed by atoms with Crippen LogP contribution in [0.15, 0.2) is 52.6 Å². The molecule has 0 spiro atoms. The summed E-state index contributed by atoms with van der Waals surface area (Å²) in [6, 6.07) is 5.54. The van der Waals surface area contributed by atoms with Crippen LogP contribution in [0.5, 0.6) is 0 Å². The summed E-state index contributed by atoms with van der Waals surface area (Å²) in [5, 5.41) is 4.51. The van der Waals surface area contributed by atoms with E-state index in [1.54, 1.807) is 24.5 Å². The van der Waals surface area contributed by atoms with Gasteiger partial charge in [0, 0.05) is 37.2 Å². The number of carbonyl (C=O) groups excluding carboxylic acids is 1. The van der Waals surface area contributed by atoms with E-state index in [1.807, 2.05) is 0 Å². The maximum atomic E-state index is 13.3. The Hall–Kier alpha value is -2.79. The number of pyridine rings is 1. The molecule has 7 nitrogen and oxygen atoms in total. The molecule has 4 rings (SSSR count). The number of carbonyl (C=O) groups is 1. The lowest BCUT2D eigenvalue weighted by Gasteiger charge is -2.31. The number of halogens is 3. The van der Waals surface area contributed by atoms with E-state index < -0.39 is 32.7 Å². The highest BCUT2D eigenvalue weighted by Gasteiger charge is 2.39. The first-order valence-corrected chi connectivity index (χ1v) is 13.0. The molecule has 1 amide bonds. The third-order valence-corrected chi connectivity index (χ3v) is 8.39. The number of benzene rings is 1. The molecule has 2 aromatic rings. The monoisotopic (exact) mass is 508 g/mol. The first-order chi connectivity index (χ1) is 16.7. The Morgan fingerprint density at radius 3 is 2.57 bits per heavy atom. The van der Waals surface area contributed by atoms with E-state index in [0.717, 1.165) is 46.3 Å². The van der Waals surface area contributed by atoms with Crippen LogP contribution in [-0.4, -0.2) is 49.3 Å². The van der Waals surface area contributed by atoms with Crippen molar-refractivity contribution in [3.63, 3.8) is 0 Å². The van der Waals surface area contributed by atoms with Crippen molar-refractivity contribution in [2.45, 2.75) is 49.2 Å². The molecule has 0 radical (unpaired) electrons. The second-order valence-corrected chi connectivity index (χ2v) is 10.7. The number of piperidine rings is 1. The van der Waals surface area contributed by atoms with Gasteiger partial charge in [-0.1, -0.05) is 25.0 Å². The molecule has 1 saturated heterocycles. The lowest BCUT2D eigenvalue weighted by Crippen LogP contribution is -2.39. The Kier molecular flexibility index (Phi) is 7.56. The van der Waals surface area contributed by atoms with Crippen LogP contribution in [0.2, 0.25) is 0 Å². The molecule has 1 unspecified atom stereocenters. The van der Waals surface area contributed by atoms with E-state index in [1.165, 1.54) is 12.1 Å². The number of amides is 1. The maximum Gasteiger partial charge on any atom is 0.417 e. The van der Waals surface area contributed by atoms with Gasteiger partial charge in [0.25, 0.3) is 0 Å². The van der Waals surface area contributed by atoms with E-state index in [2.05, 4.69) is 15.3 Å². The maximum absolute atomic E-state index is 13.3. The highest BCUT2D eigenvalue weighted by atomic mass is 32.2. The Labute approximate surface area is 201 Å². The molecule has 2 aliphatic rings. The molecule has 3 heterocycles. The standard InChI is InChI=1S/C24H27F3N4O3S/c25-24(26,27)19-6-1-2-7-22(19)35(33,34)31-13-9-17(10-14-31)5-3-4-11-29-23(32)21-15-18-16-28-12-8-20(18)30-21/h1-2,6-8,12,15-17,21H,3-5,9-11,13-14H2,(H,29,32). The van der Waals surface area contributed by atoms with Crippen molar-refractivity contribution < 1.29 is 26.4 Å². The number of nitrogens with one attached hydrogen (secondary N) is 1. The highest BCUT2D eigenvalue weighted by molar-refractivity contribution is 7.89. The predicted octanol–water partition coefficient (Wildman–Crippen LogP) is 2.27. The number of hydrogen-bond acceptors (Lipinski definition) is 5. The molecule has 2 aliphatic heterocycles. The topological polar surface area (TPSA) is 91.7 Å². The smallest absolute Gasteiger partial charge is 0.354 e. The fourth-order valence-electron chi connectivity index (χ4n) is 4.51. The van der Waals surface area contributed by atoms with Gasteiger partial charge >= 0.3 is 6.18 Å². The molecule has 1 N–H and O–H groups in total. The van der Waals surface area contributed by atoms with Crippen molar-refractivity contribution in [1.82, 2.24) is 14.6 Å². The van der Waals surface area contributed by atoms with Crippen LogP contribution < -0.4 is 15.9 Å². The van der Waals surface area contributed by atoms with Gasteiger partial charge in [-0.3, -0.25) is 14.8 Å². The molecule has 1 aromatic carbocycles. The van der Waals surface area contributed by atoms with Crippen molar-refractivity contribution in [3.8, 4) is 0 Å². The van der Waals surface area contributed by atoms with Crippen molar-refractivity contribution in [2.24, 2.45) is 10.9 Å². The van der Waals surface area contributed by atoms with Gasteiger partial charge in [0.15, 0.2) is 0 Å². The third kappa shape index (κ3) is 5.90. The van der Waals surface area contributed by atoms with Gasteiger partial charge in [0.05, 0.1) is 15.8 Å². The average Bonchev–Trinajstić information content (AvgIpc) is 3.28. The molecule has 1 atom stereocenters. The molecule has 0 bridgehead atoms. The first kappa shape index (κ1) is 25.3. The van der Waals surface area contributed by atoms with Crippen LogP contribution in [0.25, 0.3) is 6.08 Å². The minimum absolute atomic E-state index is 0.154. The number of nitrogens with zero attached hydrogens (tertiary/aromatic N) is 3. The van der Waals surface area contributed by atoms with Crippen LogP contribution in [0.1, 0.15) is 37.7 Å². The fourth-order valence-corrected chi connectivity index (χ4v) is 6.20. The molecular weight excluding hydrogens is 481 g/mol. The van der Waals surface area contributed by atoms with Crippen molar-refractivity contribution in [3.05, 3.63) is 58.9 Å². The van der Waals surface area contributed by atoms with Crippen molar-refractivity contribution in [2.75, 3.05) is 19.6 Å². The lowest BCUT2D eigenvalue weighted by molar-refractivity contribution is -0.140. The molecule has 0 saturated carbocycles.